The Bertz CT molecular complexity index is 3600. The molecule has 0 atom stereocenters. The third kappa shape index (κ3) is 5.65. The fourth-order valence-corrected chi connectivity index (χ4v) is 9.31. The van der Waals surface area contributed by atoms with Gasteiger partial charge in [-0.25, -0.2) is 0 Å². The summed E-state index contributed by atoms with van der Waals surface area (Å²) in [7, 11) is 0. The average Bonchev–Trinajstić information content (AvgIpc) is 3.72. The van der Waals surface area contributed by atoms with Crippen molar-refractivity contribution in [3.05, 3.63) is 224 Å². The highest BCUT2D eigenvalue weighted by Crippen LogP contribution is 2.43. The van der Waals surface area contributed by atoms with Crippen LogP contribution in [0, 0.1) is 0 Å². The molecule has 0 aliphatic rings. The summed E-state index contributed by atoms with van der Waals surface area (Å²) in [6.45, 7) is 0. The van der Waals surface area contributed by atoms with Crippen LogP contribution in [-0.2, 0) is 0 Å². The van der Waals surface area contributed by atoms with Gasteiger partial charge in [-0.15, -0.1) is 0 Å². The first-order valence-corrected chi connectivity index (χ1v) is 20.6. The van der Waals surface area contributed by atoms with Crippen LogP contribution in [0.4, 0.5) is 17.1 Å². The third-order valence-corrected chi connectivity index (χ3v) is 12.2. The van der Waals surface area contributed by atoms with Crippen molar-refractivity contribution >= 4 is 82.1 Å². The monoisotopic (exact) mass is 763 g/mol. The maximum absolute atomic E-state index is 6.55. The number of hydrogen-bond donors (Lipinski definition) is 0. The van der Waals surface area contributed by atoms with E-state index in [0.717, 1.165) is 55.5 Å². The van der Waals surface area contributed by atoms with Gasteiger partial charge >= 0.3 is 0 Å². The topological polar surface area (TPSA) is 16.4 Å². The van der Waals surface area contributed by atoms with E-state index in [1.54, 1.807) is 0 Å². The number of anilines is 3. The third-order valence-electron chi connectivity index (χ3n) is 12.2. The van der Waals surface area contributed by atoms with Gasteiger partial charge in [0.2, 0.25) is 0 Å². The summed E-state index contributed by atoms with van der Waals surface area (Å²) in [6.07, 6.45) is 0. The van der Waals surface area contributed by atoms with Crippen molar-refractivity contribution in [3.63, 3.8) is 0 Å². The van der Waals surface area contributed by atoms with E-state index in [1.165, 1.54) is 60.0 Å². The second-order valence-electron chi connectivity index (χ2n) is 15.7. The van der Waals surface area contributed by atoms with Gasteiger partial charge in [-0.1, -0.05) is 164 Å². The molecule has 2 nitrogen and oxygen atoms in total. The Labute approximate surface area is 347 Å². The van der Waals surface area contributed by atoms with Gasteiger partial charge in [0, 0.05) is 33.2 Å². The highest BCUT2D eigenvalue weighted by Gasteiger charge is 2.18. The molecule has 0 radical (unpaired) electrons. The van der Waals surface area contributed by atoms with Crippen LogP contribution >= 0.6 is 0 Å². The number of benzene rings is 11. The molecule has 12 aromatic rings. The molecule has 1 heterocycles. The van der Waals surface area contributed by atoms with Gasteiger partial charge in [0.15, 0.2) is 0 Å². The van der Waals surface area contributed by atoms with Crippen molar-refractivity contribution in [3.8, 4) is 33.4 Å². The number of nitrogens with zero attached hydrogens (tertiary/aromatic N) is 1. The summed E-state index contributed by atoms with van der Waals surface area (Å²) in [6, 6.07) is 81.3. The first-order chi connectivity index (χ1) is 29.7. The van der Waals surface area contributed by atoms with Crippen LogP contribution in [0.3, 0.4) is 0 Å². The van der Waals surface area contributed by atoms with Crippen molar-refractivity contribution in [2.24, 2.45) is 0 Å². The molecule has 12 rings (SSSR count). The Hall–Kier alpha value is -7.94. The molecule has 1 aromatic heterocycles. The first-order valence-electron chi connectivity index (χ1n) is 20.6. The molecule has 0 aliphatic carbocycles. The van der Waals surface area contributed by atoms with Crippen molar-refractivity contribution in [2.75, 3.05) is 4.90 Å². The van der Waals surface area contributed by atoms with E-state index in [-0.39, 0.29) is 0 Å². The first kappa shape index (κ1) is 34.1. The maximum atomic E-state index is 6.55. The summed E-state index contributed by atoms with van der Waals surface area (Å²) >= 11 is 0. The zero-order chi connectivity index (χ0) is 39.6. The molecule has 0 aliphatic heterocycles. The molecule has 11 aromatic carbocycles. The van der Waals surface area contributed by atoms with Crippen LogP contribution in [0.15, 0.2) is 229 Å². The van der Waals surface area contributed by atoms with E-state index >= 15 is 0 Å². The van der Waals surface area contributed by atoms with Gasteiger partial charge in [0.25, 0.3) is 0 Å². The number of fused-ring (bicyclic) bond motifs is 9. The van der Waals surface area contributed by atoms with E-state index in [0.29, 0.717) is 0 Å². The molecule has 0 saturated carbocycles. The predicted molar refractivity (Wildman–Crippen MR) is 255 cm³/mol. The van der Waals surface area contributed by atoms with Crippen molar-refractivity contribution < 1.29 is 4.42 Å². The Balaban J connectivity index is 0.984. The summed E-state index contributed by atoms with van der Waals surface area (Å²) in [4.78, 5) is 2.37. The summed E-state index contributed by atoms with van der Waals surface area (Å²) < 4.78 is 6.55. The lowest BCUT2D eigenvalue weighted by atomic mass is 9.93. The molecule has 60 heavy (non-hydrogen) atoms. The van der Waals surface area contributed by atoms with Crippen molar-refractivity contribution in [2.45, 2.75) is 0 Å². The van der Waals surface area contributed by atoms with Gasteiger partial charge < -0.3 is 9.32 Å². The van der Waals surface area contributed by atoms with E-state index in [1.807, 2.05) is 0 Å². The molecule has 280 valence electrons. The second kappa shape index (κ2) is 13.9. The van der Waals surface area contributed by atoms with E-state index in [2.05, 4.69) is 229 Å². The largest absolute Gasteiger partial charge is 0.455 e. The predicted octanol–water partition coefficient (Wildman–Crippen LogP) is 16.7. The summed E-state index contributed by atoms with van der Waals surface area (Å²) in [5.41, 5.74) is 12.2. The zero-order valence-electron chi connectivity index (χ0n) is 32.7. The minimum absolute atomic E-state index is 0.898. The summed E-state index contributed by atoms with van der Waals surface area (Å²) in [5, 5.41) is 12.1. The van der Waals surface area contributed by atoms with Crippen LogP contribution < -0.4 is 4.90 Å². The fourth-order valence-electron chi connectivity index (χ4n) is 9.31. The van der Waals surface area contributed by atoms with Gasteiger partial charge in [0.1, 0.15) is 11.2 Å². The highest BCUT2D eigenvalue weighted by molar-refractivity contribution is 6.19. The molecule has 2 heteroatoms. The molecular formula is C58H37NO. The standard InChI is InChI=1S/C58H37NO/c1-2-13-42-35-44(24-23-38(42)11-1)43-15-9-16-48(36-43)59(47-32-27-41(28-33-47)55-37-45-14-4-5-17-49(45)52-19-7-8-20-53(52)55)46-30-25-40(26-31-46)50-21-10-22-56-57(50)54-34-29-39-12-3-6-18-51(39)58(54)60-56/h1-37H. The number of furan rings is 1. The van der Waals surface area contributed by atoms with Crippen LogP contribution in [0.5, 0.6) is 0 Å². The minimum atomic E-state index is 0.898. The van der Waals surface area contributed by atoms with Crippen LogP contribution in [0.2, 0.25) is 0 Å². The van der Waals surface area contributed by atoms with Gasteiger partial charge in [-0.2, -0.15) is 0 Å². The normalized spacial score (nSPS) is 11.7. The van der Waals surface area contributed by atoms with E-state index in [9.17, 15) is 0 Å². The van der Waals surface area contributed by atoms with E-state index in [4.69, 9.17) is 4.42 Å². The zero-order valence-corrected chi connectivity index (χ0v) is 32.7. The lowest BCUT2D eigenvalue weighted by Crippen LogP contribution is -2.10. The molecule has 0 saturated heterocycles. The Kier molecular flexibility index (Phi) is 7.89. The van der Waals surface area contributed by atoms with Gasteiger partial charge in [-0.3, -0.25) is 0 Å². The minimum Gasteiger partial charge on any atom is -0.455 e. The van der Waals surface area contributed by atoms with Crippen LogP contribution in [0.25, 0.3) is 98.4 Å². The highest BCUT2D eigenvalue weighted by atomic mass is 16.3. The molecule has 0 fully saturated rings. The van der Waals surface area contributed by atoms with Crippen LogP contribution in [0.1, 0.15) is 0 Å². The quantitative estimate of drug-likeness (QED) is 0.157. The smallest absolute Gasteiger partial charge is 0.143 e. The second-order valence-corrected chi connectivity index (χ2v) is 15.7. The number of rotatable bonds is 6. The molecule has 0 bridgehead atoms. The molecule has 0 amide bonds. The molecular weight excluding hydrogens is 727 g/mol. The fraction of sp³-hybridized carbons (Fsp3) is 0. The van der Waals surface area contributed by atoms with Crippen molar-refractivity contribution in [1.82, 2.24) is 0 Å². The van der Waals surface area contributed by atoms with Crippen LogP contribution in [-0.4, -0.2) is 0 Å². The van der Waals surface area contributed by atoms with Gasteiger partial charge in [0.05, 0.1) is 0 Å². The molecule has 0 N–H and O–H groups in total. The Morgan fingerprint density at radius 2 is 0.867 bits per heavy atom. The maximum Gasteiger partial charge on any atom is 0.143 e. The lowest BCUT2D eigenvalue weighted by Gasteiger charge is -2.26. The Morgan fingerprint density at radius 3 is 1.65 bits per heavy atom. The van der Waals surface area contributed by atoms with E-state index < -0.39 is 0 Å². The Morgan fingerprint density at radius 1 is 0.283 bits per heavy atom. The lowest BCUT2D eigenvalue weighted by molar-refractivity contribution is 0.673. The van der Waals surface area contributed by atoms with Crippen molar-refractivity contribution in [1.29, 1.82) is 0 Å². The number of hydrogen-bond acceptors (Lipinski definition) is 2. The summed E-state index contributed by atoms with van der Waals surface area (Å²) in [5.74, 6) is 0. The SMILES string of the molecule is c1cc(-c2ccc3ccccc3c2)cc(N(c2ccc(-c3cc4ccccc4c4ccccc34)cc2)c2ccc(-c3cccc4oc5c6ccccc6ccc5c34)cc2)c1. The molecule has 0 spiro atoms. The molecule has 0 unspecified atom stereocenters. The van der Waals surface area contributed by atoms with Gasteiger partial charge in [-0.05, 0) is 132 Å². The average molecular weight is 764 g/mol.